The third-order valence-electron chi connectivity index (χ3n) is 10.7. The number of amides is 5. The minimum absolute atomic E-state index is 0.0772. The van der Waals surface area contributed by atoms with Crippen molar-refractivity contribution in [2.45, 2.75) is 107 Å². The van der Waals surface area contributed by atoms with Crippen molar-refractivity contribution in [1.82, 2.24) is 25.2 Å². The number of allylic oxidation sites excluding steroid dienone is 3. The van der Waals surface area contributed by atoms with Crippen molar-refractivity contribution in [2.75, 3.05) is 13.2 Å². The summed E-state index contributed by atoms with van der Waals surface area (Å²) in [6.07, 6.45) is 5.88. The molecule has 5 amide bonds. The summed E-state index contributed by atoms with van der Waals surface area (Å²) in [5.74, 6) is -3.31. The number of ketones is 1. The highest BCUT2D eigenvalue weighted by molar-refractivity contribution is 7.91. The largest absolute Gasteiger partial charge is 0.445 e. The van der Waals surface area contributed by atoms with Gasteiger partial charge in [-0.25, -0.2) is 18.0 Å². The van der Waals surface area contributed by atoms with Crippen molar-refractivity contribution in [3.8, 4) is 0 Å². The van der Waals surface area contributed by atoms with Gasteiger partial charge in [-0.15, -0.1) is 6.58 Å². The van der Waals surface area contributed by atoms with Crippen LogP contribution in [0.2, 0.25) is 0 Å². The summed E-state index contributed by atoms with van der Waals surface area (Å²) in [4.78, 5) is 84.4. The number of carbonyl (C=O) groups is 6. The van der Waals surface area contributed by atoms with Gasteiger partial charge >= 0.3 is 12.2 Å². The molecule has 6 rings (SSSR count). The lowest BCUT2D eigenvalue weighted by atomic mass is 10.0. The normalized spacial score (nSPS) is 27.2. The number of sulfonamides is 1. The Bertz CT molecular complexity index is 2000. The van der Waals surface area contributed by atoms with Crippen LogP contribution in [0.3, 0.4) is 0 Å². The molecule has 3 fully saturated rings. The van der Waals surface area contributed by atoms with Gasteiger partial charge in [0, 0.05) is 25.3 Å². The number of rotatable bonds is 10. The van der Waals surface area contributed by atoms with Crippen LogP contribution in [-0.2, 0) is 51.8 Å². The standard InChI is InChI=1S/C40H49N5O10S/c1-5-28-19-40(28,37(49)43-56(52,53)31-14-15-31)42-35(47)34-18-30-21-45(34)36(48)33(16-13-29(46)17-24(2)3)41-38(50)54-23-25(4)9-6-7-10-26-11-8-12-27-20-44(22-32(26)27)39(51)55-30/h5,7-8,10-12,17,28,30-31,33-34H,1,4,6,9,13-16,18-23H2,2-3H3,(H,41,50)(H,42,47)(H,43,49)/b10-7+/t28-,30-,33+,34+,40-/m1/s1. The predicted molar refractivity (Wildman–Crippen MR) is 205 cm³/mol. The molecule has 0 aromatic heterocycles. The van der Waals surface area contributed by atoms with Gasteiger partial charge < -0.3 is 25.0 Å². The molecule has 16 heteroatoms. The summed E-state index contributed by atoms with van der Waals surface area (Å²) < 4.78 is 38.9. The monoisotopic (exact) mass is 791 g/mol. The molecule has 2 aliphatic carbocycles. The zero-order valence-electron chi connectivity index (χ0n) is 31.7. The van der Waals surface area contributed by atoms with Crippen molar-refractivity contribution in [3.63, 3.8) is 0 Å². The van der Waals surface area contributed by atoms with Crippen molar-refractivity contribution in [3.05, 3.63) is 77.4 Å². The van der Waals surface area contributed by atoms with Crippen LogP contribution >= 0.6 is 0 Å². The molecule has 56 heavy (non-hydrogen) atoms. The molecule has 300 valence electrons. The summed E-state index contributed by atoms with van der Waals surface area (Å²) in [7, 11) is -3.95. The highest BCUT2D eigenvalue weighted by Crippen LogP contribution is 2.45. The van der Waals surface area contributed by atoms with E-state index >= 15 is 0 Å². The van der Waals surface area contributed by atoms with Crippen molar-refractivity contribution in [2.24, 2.45) is 5.92 Å². The molecule has 3 heterocycles. The molecule has 1 aromatic carbocycles. The zero-order chi connectivity index (χ0) is 40.4. The van der Waals surface area contributed by atoms with E-state index in [1.807, 2.05) is 30.4 Å². The summed E-state index contributed by atoms with van der Waals surface area (Å²) in [5, 5.41) is 4.58. The second kappa shape index (κ2) is 16.5. The van der Waals surface area contributed by atoms with Gasteiger partial charge in [0.25, 0.3) is 5.91 Å². The first-order valence-electron chi connectivity index (χ1n) is 18.9. The second-order valence-corrected chi connectivity index (χ2v) is 17.4. The van der Waals surface area contributed by atoms with Gasteiger partial charge in [0.2, 0.25) is 21.8 Å². The number of nitrogens with zero attached hydrogens (tertiary/aromatic N) is 2. The number of benzene rings is 1. The fraction of sp³-hybridized carbons (Fsp3) is 0.500. The van der Waals surface area contributed by atoms with Gasteiger partial charge in [-0.05, 0) is 80.7 Å². The lowest BCUT2D eigenvalue weighted by molar-refractivity contribution is -0.141. The Hall–Kier alpha value is -5.25. The molecule has 5 atom stereocenters. The zero-order valence-corrected chi connectivity index (χ0v) is 32.5. The maximum atomic E-state index is 14.5. The highest BCUT2D eigenvalue weighted by atomic mass is 32.2. The van der Waals surface area contributed by atoms with Crippen molar-refractivity contribution < 1.29 is 46.7 Å². The fourth-order valence-corrected chi connectivity index (χ4v) is 8.77. The number of cyclic esters (lactones) is 1. The van der Waals surface area contributed by atoms with E-state index in [1.54, 1.807) is 13.8 Å². The first-order valence-corrected chi connectivity index (χ1v) is 20.5. The Balaban J connectivity index is 1.29. The van der Waals surface area contributed by atoms with Crippen LogP contribution in [0.15, 0.2) is 60.7 Å². The number of hydrogen-bond acceptors (Lipinski definition) is 10. The lowest BCUT2D eigenvalue weighted by Gasteiger charge is -2.29. The first-order chi connectivity index (χ1) is 26.6. The smallest absolute Gasteiger partial charge is 0.410 e. The van der Waals surface area contributed by atoms with Crippen LogP contribution in [-0.4, -0.2) is 96.0 Å². The van der Waals surface area contributed by atoms with E-state index in [-0.39, 0.29) is 51.2 Å². The summed E-state index contributed by atoms with van der Waals surface area (Å²) in [5.41, 5.74) is 2.61. The average Bonchev–Trinajstić information content (AvgIpc) is 4.04. The number of alkyl carbamates (subject to hydrolysis) is 1. The van der Waals surface area contributed by atoms with Gasteiger partial charge in [0.15, 0.2) is 5.78 Å². The minimum Gasteiger partial charge on any atom is -0.445 e. The number of fused-ring (bicyclic) bond motifs is 3. The predicted octanol–water partition coefficient (Wildman–Crippen LogP) is 3.55. The first kappa shape index (κ1) is 40.4. The van der Waals surface area contributed by atoms with E-state index < -0.39 is 74.8 Å². The van der Waals surface area contributed by atoms with E-state index in [9.17, 15) is 37.2 Å². The van der Waals surface area contributed by atoms with Crippen LogP contribution in [0.4, 0.5) is 9.59 Å². The lowest BCUT2D eigenvalue weighted by Crippen LogP contribution is -2.58. The van der Waals surface area contributed by atoms with Crippen LogP contribution in [0.1, 0.15) is 81.9 Å². The van der Waals surface area contributed by atoms with Gasteiger partial charge in [0.05, 0.1) is 18.3 Å². The van der Waals surface area contributed by atoms with Gasteiger partial charge in [-0.1, -0.05) is 48.6 Å². The summed E-state index contributed by atoms with van der Waals surface area (Å²) >= 11 is 0. The number of nitrogens with one attached hydrogen (secondary N) is 3. The summed E-state index contributed by atoms with van der Waals surface area (Å²) in [6.45, 7) is 11.5. The topological polar surface area (TPSA) is 198 Å². The molecule has 2 saturated carbocycles. The number of hydrogen-bond donors (Lipinski definition) is 3. The molecule has 4 bridgehead atoms. The van der Waals surface area contributed by atoms with E-state index in [4.69, 9.17) is 9.47 Å². The van der Waals surface area contributed by atoms with Gasteiger partial charge in [0.1, 0.15) is 30.3 Å². The minimum atomic E-state index is -3.95. The number of ether oxygens (including phenoxy) is 2. The molecule has 1 saturated heterocycles. The van der Waals surface area contributed by atoms with E-state index in [1.165, 1.54) is 22.0 Å². The van der Waals surface area contributed by atoms with E-state index in [2.05, 4.69) is 28.5 Å². The third-order valence-corrected chi connectivity index (χ3v) is 12.6. The molecule has 0 spiro atoms. The van der Waals surface area contributed by atoms with Crippen LogP contribution in [0.5, 0.6) is 0 Å². The Labute approximate surface area is 326 Å². The van der Waals surface area contributed by atoms with Gasteiger partial charge in [-0.2, -0.15) is 0 Å². The quantitative estimate of drug-likeness (QED) is 0.233. The Morgan fingerprint density at radius 2 is 1.89 bits per heavy atom. The van der Waals surface area contributed by atoms with E-state index in [0.717, 1.165) is 22.3 Å². The SMILES string of the molecule is C=C[C@@H]1C[C@]1(NC(=O)[C@@H]1C[C@@H]2CN1C(=O)[C@H](CCC(=O)C=C(C)C)NC(=O)OCC(=C)CC/C=C/c1cccc3c1CN(C3)C(=O)O2)C(=O)NS(=O)(=O)C1CC1. The number of carbonyl (C=O) groups excluding carboxylic acids is 6. The Morgan fingerprint density at radius 1 is 1.12 bits per heavy atom. The molecular weight excluding hydrogens is 743 g/mol. The molecule has 3 aliphatic heterocycles. The highest BCUT2D eigenvalue weighted by Gasteiger charge is 2.62. The van der Waals surface area contributed by atoms with Crippen LogP contribution in [0, 0.1) is 5.92 Å². The van der Waals surface area contributed by atoms with Gasteiger partial charge in [-0.3, -0.25) is 28.8 Å². The van der Waals surface area contributed by atoms with Crippen molar-refractivity contribution >= 4 is 51.8 Å². The molecule has 3 N–H and O–H groups in total. The maximum absolute atomic E-state index is 14.5. The van der Waals surface area contributed by atoms with Crippen LogP contribution < -0.4 is 15.4 Å². The van der Waals surface area contributed by atoms with E-state index in [0.29, 0.717) is 37.8 Å². The second-order valence-electron chi connectivity index (χ2n) is 15.5. The molecular formula is C40H49N5O10S. The maximum Gasteiger partial charge on any atom is 0.410 e. The fourth-order valence-electron chi connectivity index (χ4n) is 7.40. The molecule has 15 nitrogen and oxygen atoms in total. The third kappa shape index (κ3) is 9.23. The molecule has 5 aliphatic rings. The van der Waals surface area contributed by atoms with Crippen molar-refractivity contribution in [1.29, 1.82) is 0 Å². The molecule has 0 radical (unpaired) electrons. The molecule has 0 unspecified atom stereocenters. The summed E-state index contributed by atoms with van der Waals surface area (Å²) in [6, 6.07) is 3.15. The van der Waals surface area contributed by atoms with Crippen LogP contribution in [0.25, 0.3) is 6.08 Å². The Morgan fingerprint density at radius 3 is 2.59 bits per heavy atom. The average molecular weight is 792 g/mol. The molecule has 1 aromatic rings. The Kier molecular flexibility index (Phi) is 11.9.